The average Bonchev–Trinajstić information content (AvgIpc) is 2.58. The van der Waals surface area contributed by atoms with Crippen LogP contribution in [0.4, 0.5) is 13.2 Å². The van der Waals surface area contributed by atoms with Crippen molar-refractivity contribution in [2.24, 2.45) is 5.73 Å². The molecule has 1 nitrogen and oxygen atoms in total. The molecule has 0 saturated heterocycles. The molecule has 0 heterocycles. The van der Waals surface area contributed by atoms with Crippen LogP contribution in [0.15, 0.2) is 18.2 Å². The number of nitrogens with two attached hydrogens (primary N) is 1. The molecular weight excluding hydrogens is 215 g/mol. The molecule has 0 amide bonds. The molecule has 1 unspecified atom stereocenters. The van der Waals surface area contributed by atoms with E-state index in [0.29, 0.717) is 0 Å². The third kappa shape index (κ3) is 1.21. The average molecular weight is 222 g/mol. The van der Waals surface area contributed by atoms with E-state index in [1.165, 1.54) is 12.1 Å². The fraction of sp³-hybridized carbons (Fsp3) is 0.333. The summed E-state index contributed by atoms with van der Waals surface area (Å²) in [6, 6.07) is 3.52. The van der Waals surface area contributed by atoms with Gasteiger partial charge in [-0.25, -0.2) is 13.2 Å². The van der Waals surface area contributed by atoms with Gasteiger partial charge in [0.2, 0.25) is 0 Å². The molecule has 14 heavy (non-hydrogen) atoms. The minimum Gasteiger partial charge on any atom is -0.316 e. The lowest BCUT2D eigenvalue weighted by atomic mass is 10.1. The van der Waals surface area contributed by atoms with E-state index in [4.69, 9.17) is 17.3 Å². The number of rotatable bonds is 1. The molecule has 1 atom stereocenters. The number of hydrogen-bond donors (Lipinski definition) is 1. The van der Waals surface area contributed by atoms with Crippen molar-refractivity contribution in [1.29, 1.82) is 0 Å². The summed E-state index contributed by atoms with van der Waals surface area (Å²) < 4.78 is 38.6. The summed E-state index contributed by atoms with van der Waals surface area (Å²) in [4.78, 5) is 0. The van der Waals surface area contributed by atoms with E-state index < -0.39 is 23.7 Å². The summed E-state index contributed by atoms with van der Waals surface area (Å²) in [5.74, 6) is -3.66. The molecule has 2 N–H and O–H groups in total. The Kier molecular flexibility index (Phi) is 1.85. The molecule has 1 aliphatic carbocycles. The molecule has 2 rings (SSSR count). The maximum atomic E-state index is 13.0. The highest BCUT2D eigenvalue weighted by Crippen LogP contribution is 2.57. The first-order chi connectivity index (χ1) is 6.37. The van der Waals surface area contributed by atoms with Gasteiger partial charge >= 0.3 is 0 Å². The monoisotopic (exact) mass is 221 g/mol. The molecule has 1 aromatic carbocycles. The normalized spacial score (nSPS) is 28.9. The molecule has 0 bridgehead atoms. The van der Waals surface area contributed by atoms with Gasteiger partial charge in [-0.3, -0.25) is 0 Å². The Morgan fingerprint density at radius 1 is 1.36 bits per heavy atom. The van der Waals surface area contributed by atoms with Crippen LogP contribution in [0.2, 0.25) is 5.02 Å². The molecule has 76 valence electrons. The fourth-order valence-corrected chi connectivity index (χ4v) is 1.51. The molecule has 1 fully saturated rings. The van der Waals surface area contributed by atoms with Gasteiger partial charge in [-0.05, 0) is 17.7 Å². The minimum absolute atomic E-state index is 0.0874. The van der Waals surface area contributed by atoms with Crippen LogP contribution in [0.5, 0.6) is 0 Å². The molecule has 5 heteroatoms. The highest BCUT2D eigenvalue weighted by atomic mass is 35.5. The molecular formula is C9H7ClF3N. The van der Waals surface area contributed by atoms with Crippen LogP contribution in [0.3, 0.4) is 0 Å². The van der Waals surface area contributed by atoms with E-state index in [0.717, 1.165) is 6.07 Å². The van der Waals surface area contributed by atoms with Crippen LogP contribution in [-0.2, 0) is 5.54 Å². The smallest absolute Gasteiger partial charge is 0.272 e. The first-order valence-corrected chi connectivity index (χ1v) is 4.37. The highest BCUT2D eigenvalue weighted by molar-refractivity contribution is 6.30. The first kappa shape index (κ1) is 9.80. The number of benzene rings is 1. The van der Waals surface area contributed by atoms with E-state index in [2.05, 4.69) is 0 Å². The molecule has 0 spiro atoms. The largest absolute Gasteiger partial charge is 0.316 e. The molecule has 1 aliphatic rings. The predicted molar refractivity (Wildman–Crippen MR) is 46.8 cm³/mol. The zero-order valence-corrected chi connectivity index (χ0v) is 7.78. The van der Waals surface area contributed by atoms with Crippen LogP contribution >= 0.6 is 11.6 Å². The van der Waals surface area contributed by atoms with Crippen LogP contribution < -0.4 is 5.73 Å². The molecule has 1 aromatic rings. The summed E-state index contributed by atoms with van der Waals surface area (Å²) in [6.07, 6.45) is -0.443. The number of halogens is 4. The zero-order chi connectivity index (χ0) is 10.6. The Bertz CT molecular complexity index is 394. The quantitative estimate of drug-likeness (QED) is 0.775. The van der Waals surface area contributed by atoms with Crippen molar-refractivity contribution in [3.63, 3.8) is 0 Å². The van der Waals surface area contributed by atoms with E-state index >= 15 is 0 Å². The van der Waals surface area contributed by atoms with Crippen LogP contribution in [0.25, 0.3) is 0 Å². The SMILES string of the molecule is NC1(c2ccc(Cl)c(F)c2)CC1(F)F. The van der Waals surface area contributed by atoms with Gasteiger partial charge in [0, 0.05) is 6.42 Å². The molecule has 0 radical (unpaired) electrons. The Morgan fingerprint density at radius 3 is 2.36 bits per heavy atom. The summed E-state index contributed by atoms with van der Waals surface area (Å²) in [7, 11) is 0. The second kappa shape index (κ2) is 2.64. The first-order valence-electron chi connectivity index (χ1n) is 3.99. The predicted octanol–water partition coefficient (Wildman–Crippen LogP) is 2.67. The van der Waals surface area contributed by atoms with Gasteiger partial charge in [0.1, 0.15) is 11.4 Å². The molecule has 1 saturated carbocycles. The Hall–Kier alpha value is -0.740. The standard InChI is InChI=1S/C9H7ClF3N/c10-6-2-1-5(3-7(6)11)8(14)4-9(8,12)13/h1-3H,4,14H2. The van der Waals surface area contributed by atoms with Gasteiger partial charge in [0.15, 0.2) is 0 Å². The van der Waals surface area contributed by atoms with Crippen molar-refractivity contribution in [1.82, 2.24) is 0 Å². The Morgan fingerprint density at radius 2 is 1.93 bits per heavy atom. The molecule has 0 aliphatic heterocycles. The van der Waals surface area contributed by atoms with Gasteiger partial charge < -0.3 is 5.73 Å². The number of alkyl halides is 2. The van der Waals surface area contributed by atoms with E-state index in [1.54, 1.807) is 0 Å². The van der Waals surface area contributed by atoms with Gasteiger partial charge in [0.25, 0.3) is 5.92 Å². The van der Waals surface area contributed by atoms with Crippen molar-refractivity contribution in [3.05, 3.63) is 34.6 Å². The fourth-order valence-electron chi connectivity index (χ4n) is 1.39. The van der Waals surface area contributed by atoms with Crippen molar-refractivity contribution in [3.8, 4) is 0 Å². The lowest BCUT2D eigenvalue weighted by Crippen LogP contribution is -2.27. The van der Waals surface area contributed by atoms with Gasteiger partial charge in [-0.15, -0.1) is 0 Å². The van der Waals surface area contributed by atoms with Crippen molar-refractivity contribution < 1.29 is 13.2 Å². The summed E-state index contributed by atoms with van der Waals surface area (Å²) >= 11 is 5.42. The minimum atomic E-state index is -2.94. The second-order valence-corrected chi connectivity index (χ2v) is 3.89. The summed E-state index contributed by atoms with van der Waals surface area (Å²) in [6.45, 7) is 0. The topological polar surface area (TPSA) is 26.0 Å². The third-order valence-corrected chi connectivity index (χ3v) is 2.77. The van der Waals surface area contributed by atoms with Crippen molar-refractivity contribution in [2.75, 3.05) is 0 Å². The van der Waals surface area contributed by atoms with Gasteiger partial charge in [0.05, 0.1) is 5.02 Å². The Labute approximate surface area is 83.7 Å². The van der Waals surface area contributed by atoms with Crippen molar-refractivity contribution in [2.45, 2.75) is 17.9 Å². The van der Waals surface area contributed by atoms with E-state index in [1.807, 2.05) is 0 Å². The highest BCUT2D eigenvalue weighted by Gasteiger charge is 2.69. The van der Waals surface area contributed by atoms with E-state index in [9.17, 15) is 13.2 Å². The summed E-state index contributed by atoms with van der Waals surface area (Å²) in [5.41, 5.74) is 3.78. The lowest BCUT2D eigenvalue weighted by Gasteiger charge is -2.10. The van der Waals surface area contributed by atoms with Gasteiger partial charge in [-0.1, -0.05) is 17.7 Å². The zero-order valence-electron chi connectivity index (χ0n) is 7.03. The third-order valence-electron chi connectivity index (χ3n) is 2.46. The maximum absolute atomic E-state index is 13.0. The number of hydrogen-bond acceptors (Lipinski definition) is 1. The summed E-state index contributed by atoms with van der Waals surface area (Å²) in [5, 5.41) is -0.0960. The maximum Gasteiger partial charge on any atom is 0.272 e. The van der Waals surface area contributed by atoms with Crippen LogP contribution in [0.1, 0.15) is 12.0 Å². The van der Waals surface area contributed by atoms with Crippen molar-refractivity contribution >= 4 is 11.6 Å². The van der Waals surface area contributed by atoms with Gasteiger partial charge in [-0.2, -0.15) is 0 Å². The Balaban J connectivity index is 2.40. The lowest BCUT2D eigenvalue weighted by molar-refractivity contribution is 0.0890. The van der Waals surface area contributed by atoms with Crippen LogP contribution in [0, 0.1) is 5.82 Å². The van der Waals surface area contributed by atoms with E-state index in [-0.39, 0.29) is 10.6 Å². The second-order valence-electron chi connectivity index (χ2n) is 3.48. The molecule has 0 aromatic heterocycles. The van der Waals surface area contributed by atoms with Crippen LogP contribution in [-0.4, -0.2) is 5.92 Å².